The molecule has 0 spiro atoms. The van der Waals surface area contributed by atoms with Gasteiger partial charge < -0.3 is 4.90 Å². The summed E-state index contributed by atoms with van der Waals surface area (Å²) in [5, 5.41) is 0. The minimum Gasteiger partial charge on any atom is -0.338 e. The highest BCUT2D eigenvalue weighted by Crippen LogP contribution is 2.26. The molecule has 2 aromatic carbocycles. The maximum absolute atomic E-state index is 13.9. The fourth-order valence-electron chi connectivity index (χ4n) is 4.13. The second kappa shape index (κ2) is 8.96. The number of halogens is 2. The van der Waals surface area contributed by atoms with Crippen molar-refractivity contribution in [1.82, 2.24) is 26.8 Å². The first-order chi connectivity index (χ1) is 14.1. The summed E-state index contributed by atoms with van der Waals surface area (Å²) in [4.78, 5) is 15.1. The van der Waals surface area contributed by atoms with E-state index in [1.807, 2.05) is 29.2 Å². The Morgan fingerprint density at radius 2 is 1.76 bits per heavy atom. The van der Waals surface area contributed by atoms with Crippen LogP contribution in [0.4, 0.5) is 8.78 Å². The van der Waals surface area contributed by atoms with Crippen molar-refractivity contribution in [2.24, 2.45) is 5.92 Å². The monoisotopic (exact) mass is 401 g/mol. The van der Waals surface area contributed by atoms with Gasteiger partial charge in [0.2, 0.25) is 0 Å². The molecule has 2 fully saturated rings. The zero-order chi connectivity index (χ0) is 20.2. The first-order valence-electron chi connectivity index (χ1n) is 9.95. The van der Waals surface area contributed by atoms with Gasteiger partial charge in [0.25, 0.3) is 5.91 Å². The number of piperidine rings is 1. The molecule has 0 bridgehead atoms. The van der Waals surface area contributed by atoms with Crippen LogP contribution < -0.4 is 21.9 Å². The standard InChI is InChI=1S/C21H25F2N5O/c22-18-8-3-9-19(23)17(18)11-10-14-5-4-12-28(13-14)21(29)16-7-2-1-6-15(16)20-24-26-27-25-20/h1-3,6-9,14,20,24-27H,4-5,10-13H2. The summed E-state index contributed by atoms with van der Waals surface area (Å²) in [6.45, 7) is 1.30. The van der Waals surface area contributed by atoms with Crippen molar-refractivity contribution in [3.05, 3.63) is 70.8 Å². The Balaban J connectivity index is 1.43. The number of hydrogen-bond acceptors (Lipinski definition) is 5. The Morgan fingerprint density at radius 1 is 1.03 bits per heavy atom. The molecular weight excluding hydrogens is 376 g/mol. The molecular formula is C21H25F2N5O. The minimum absolute atomic E-state index is 0.0159. The van der Waals surface area contributed by atoms with Gasteiger partial charge in [0.1, 0.15) is 17.8 Å². The number of hydrogen-bond donors (Lipinski definition) is 4. The summed E-state index contributed by atoms with van der Waals surface area (Å²) >= 11 is 0. The van der Waals surface area contributed by atoms with E-state index >= 15 is 0 Å². The molecule has 2 aliphatic rings. The van der Waals surface area contributed by atoms with Gasteiger partial charge in [-0.1, -0.05) is 24.3 Å². The molecule has 0 radical (unpaired) electrons. The van der Waals surface area contributed by atoms with Crippen LogP contribution >= 0.6 is 0 Å². The molecule has 2 aromatic rings. The molecule has 2 heterocycles. The first-order valence-corrected chi connectivity index (χ1v) is 9.95. The average Bonchev–Trinajstić information content (AvgIpc) is 3.28. The molecule has 0 saturated carbocycles. The number of likely N-dealkylation sites (tertiary alicyclic amines) is 1. The van der Waals surface area contributed by atoms with E-state index in [9.17, 15) is 13.6 Å². The Bertz CT molecular complexity index is 852. The van der Waals surface area contributed by atoms with E-state index in [1.54, 1.807) is 0 Å². The van der Waals surface area contributed by atoms with Crippen molar-refractivity contribution >= 4 is 5.91 Å². The predicted octanol–water partition coefficient (Wildman–Crippen LogP) is 2.57. The van der Waals surface area contributed by atoms with Crippen LogP contribution in [0.2, 0.25) is 0 Å². The molecule has 0 aromatic heterocycles. The van der Waals surface area contributed by atoms with Crippen LogP contribution in [0.15, 0.2) is 42.5 Å². The molecule has 6 nitrogen and oxygen atoms in total. The summed E-state index contributed by atoms with van der Waals surface area (Å²) in [5.74, 6) is -0.786. The highest BCUT2D eigenvalue weighted by atomic mass is 19.1. The Labute approximate surface area is 168 Å². The molecule has 154 valence electrons. The smallest absolute Gasteiger partial charge is 0.254 e. The molecule has 4 N–H and O–H groups in total. The van der Waals surface area contributed by atoms with E-state index in [0.29, 0.717) is 31.5 Å². The summed E-state index contributed by atoms with van der Waals surface area (Å²) in [6.07, 6.45) is 2.63. The lowest BCUT2D eigenvalue weighted by Gasteiger charge is -2.33. The molecule has 8 heteroatoms. The quantitative estimate of drug-likeness (QED) is 0.620. The van der Waals surface area contributed by atoms with Crippen molar-refractivity contribution in [1.29, 1.82) is 0 Å². The zero-order valence-electron chi connectivity index (χ0n) is 16.1. The van der Waals surface area contributed by atoms with Gasteiger partial charge in [-0.05, 0) is 55.4 Å². The van der Waals surface area contributed by atoms with E-state index in [-0.39, 0.29) is 23.6 Å². The molecule has 29 heavy (non-hydrogen) atoms. The fourth-order valence-corrected chi connectivity index (χ4v) is 4.13. The molecule has 1 atom stereocenters. The predicted molar refractivity (Wildman–Crippen MR) is 105 cm³/mol. The largest absolute Gasteiger partial charge is 0.338 e. The molecule has 4 rings (SSSR count). The number of carbonyl (C=O) groups excluding carboxylic acids is 1. The summed E-state index contributed by atoms with van der Waals surface area (Å²) in [5.41, 5.74) is 13.2. The van der Waals surface area contributed by atoms with Crippen molar-refractivity contribution < 1.29 is 13.6 Å². The topological polar surface area (TPSA) is 68.4 Å². The normalized spacial score (nSPS) is 20.2. The van der Waals surface area contributed by atoms with Gasteiger partial charge in [-0.15, -0.1) is 0 Å². The van der Waals surface area contributed by atoms with Gasteiger partial charge >= 0.3 is 0 Å². The summed E-state index contributed by atoms with van der Waals surface area (Å²) in [6, 6.07) is 11.5. The van der Waals surface area contributed by atoms with Gasteiger partial charge in [0, 0.05) is 24.2 Å². The number of rotatable bonds is 5. The number of amides is 1. The van der Waals surface area contributed by atoms with Crippen molar-refractivity contribution in [3.63, 3.8) is 0 Å². The van der Waals surface area contributed by atoms with E-state index in [0.717, 1.165) is 18.4 Å². The van der Waals surface area contributed by atoms with Crippen LogP contribution in [0.25, 0.3) is 0 Å². The van der Waals surface area contributed by atoms with E-state index in [2.05, 4.69) is 21.9 Å². The highest BCUT2D eigenvalue weighted by Gasteiger charge is 2.28. The second-order valence-corrected chi connectivity index (χ2v) is 7.56. The molecule has 1 amide bonds. The zero-order valence-corrected chi connectivity index (χ0v) is 16.1. The fraction of sp³-hybridized carbons (Fsp3) is 0.381. The van der Waals surface area contributed by atoms with E-state index < -0.39 is 11.6 Å². The van der Waals surface area contributed by atoms with Crippen molar-refractivity contribution in [2.45, 2.75) is 31.8 Å². The van der Waals surface area contributed by atoms with E-state index in [1.165, 1.54) is 18.2 Å². The molecule has 0 aliphatic carbocycles. The van der Waals surface area contributed by atoms with Gasteiger partial charge in [-0.2, -0.15) is 11.1 Å². The second-order valence-electron chi connectivity index (χ2n) is 7.56. The van der Waals surface area contributed by atoms with Crippen molar-refractivity contribution in [3.8, 4) is 0 Å². The lowest BCUT2D eigenvalue weighted by atomic mass is 9.90. The Hall–Kier alpha value is -2.39. The number of hydrazine groups is 3. The third-order valence-electron chi connectivity index (χ3n) is 5.67. The third-order valence-corrected chi connectivity index (χ3v) is 5.67. The average molecular weight is 401 g/mol. The molecule has 2 aliphatic heterocycles. The highest BCUT2D eigenvalue weighted by molar-refractivity contribution is 5.96. The van der Waals surface area contributed by atoms with Crippen LogP contribution in [-0.4, -0.2) is 23.9 Å². The maximum Gasteiger partial charge on any atom is 0.254 e. The minimum atomic E-state index is -0.499. The van der Waals surface area contributed by atoms with Crippen LogP contribution in [-0.2, 0) is 6.42 Å². The molecule has 2 saturated heterocycles. The number of nitrogens with one attached hydrogen (secondary N) is 4. The summed E-state index contributed by atoms with van der Waals surface area (Å²) in [7, 11) is 0. The SMILES string of the molecule is O=C(c1ccccc1C1NNNN1)N1CCCC(CCc2c(F)cccc2F)C1. The summed E-state index contributed by atoms with van der Waals surface area (Å²) < 4.78 is 27.8. The lowest BCUT2D eigenvalue weighted by molar-refractivity contribution is 0.0666. The van der Waals surface area contributed by atoms with Crippen LogP contribution in [0.1, 0.15) is 46.9 Å². The number of carbonyl (C=O) groups is 1. The molecule has 1 unspecified atom stereocenters. The van der Waals surface area contributed by atoms with Crippen LogP contribution in [0.5, 0.6) is 0 Å². The third kappa shape index (κ3) is 4.45. The Morgan fingerprint density at radius 3 is 2.52 bits per heavy atom. The van der Waals surface area contributed by atoms with Crippen LogP contribution in [0.3, 0.4) is 0 Å². The van der Waals surface area contributed by atoms with Gasteiger partial charge in [-0.25, -0.2) is 19.6 Å². The maximum atomic E-state index is 13.9. The lowest BCUT2D eigenvalue weighted by Crippen LogP contribution is -2.41. The van der Waals surface area contributed by atoms with Gasteiger partial charge in [-0.3, -0.25) is 4.79 Å². The van der Waals surface area contributed by atoms with Gasteiger partial charge in [0.05, 0.1) is 0 Å². The van der Waals surface area contributed by atoms with E-state index in [4.69, 9.17) is 0 Å². The number of nitrogens with zero attached hydrogens (tertiary/aromatic N) is 1. The first kappa shape index (κ1) is 19.9. The Kier molecular flexibility index (Phi) is 6.15. The number of benzene rings is 2. The van der Waals surface area contributed by atoms with Gasteiger partial charge in [0.15, 0.2) is 0 Å². The van der Waals surface area contributed by atoms with Crippen molar-refractivity contribution in [2.75, 3.05) is 13.1 Å². The van der Waals surface area contributed by atoms with Crippen LogP contribution in [0, 0.1) is 17.6 Å².